The molecule has 0 heterocycles. The van der Waals surface area contributed by atoms with Gasteiger partial charge in [0, 0.05) is 0 Å². The molecule has 1 aliphatic rings. The van der Waals surface area contributed by atoms with Gasteiger partial charge in [0.05, 0.1) is 19.8 Å². The molecule has 0 spiro atoms. The maximum atomic E-state index is 12.0. The largest absolute Gasteiger partial charge is 0.493 e. The summed E-state index contributed by atoms with van der Waals surface area (Å²) < 4.78 is 10.2. The molecule has 0 fully saturated rings. The number of carbonyl (C=O) groups excluding carboxylic acids is 2. The van der Waals surface area contributed by atoms with Crippen LogP contribution in [0.3, 0.4) is 0 Å². The molecule has 2 rings (SSSR count). The van der Waals surface area contributed by atoms with Crippen LogP contribution in [0.15, 0.2) is 46.7 Å². The van der Waals surface area contributed by atoms with E-state index in [1.165, 1.54) is 20.3 Å². The average molecular weight is 315 g/mol. The zero-order valence-electron chi connectivity index (χ0n) is 13.4. The average Bonchev–Trinajstić information content (AvgIpc) is 2.56. The minimum absolute atomic E-state index is 0.0461. The monoisotopic (exact) mass is 315 g/mol. The molecule has 0 saturated carbocycles. The molecule has 120 valence electrons. The zero-order valence-corrected chi connectivity index (χ0v) is 13.4. The van der Waals surface area contributed by atoms with Crippen molar-refractivity contribution in [2.45, 2.75) is 13.8 Å². The lowest BCUT2D eigenvalue weighted by atomic mass is 9.98. The van der Waals surface area contributed by atoms with E-state index in [4.69, 9.17) is 14.3 Å². The molecular formula is C17H17NO5. The highest BCUT2D eigenvalue weighted by Gasteiger charge is 2.15. The SMILES string of the molecule is COc1ccc(C(=O)ON=C2C=C(C)C(=O)C(C)=C2)cc1OC. The van der Waals surface area contributed by atoms with Crippen molar-refractivity contribution in [2.75, 3.05) is 14.2 Å². The smallest absolute Gasteiger partial charge is 0.365 e. The van der Waals surface area contributed by atoms with Crippen LogP contribution in [0.5, 0.6) is 11.5 Å². The summed E-state index contributed by atoms with van der Waals surface area (Å²) in [4.78, 5) is 28.6. The minimum atomic E-state index is -0.632. The molecule has 1 aliphatic carbocycles. The maximum absolute atomic E-state index is 12.0. The number of carbonyl (C=O) groups is 2. The number of nitrogens with zero attached hydrogens (tertiary/aromatic N) is 1. The van der Waals surface area contributed by atoms with Gasteiger partial charge >= 0.3 is 5.97 Å². The fraction of sp³-hybridized carbons (Fsp3) is 0.235. The van der Waals surface area contributed by atoms with E-state index in [0.717, 1.165) is 0 Å². The van der Waals surface area contributed by atoms with Gasteiger partial charge in [-0.25, -0.2) is 4.79 Å². The Labute approximate surface area is 134 Å². The molecule has 1 aromatic carbocycles. The standard InChI is InChI=1S/C17H17NO5/c1-10-7-13(8-11(2)16(10)19)18-23-17(20)12-5-6-14(21-3)15(9-12)22-4/h5-9H,1-4H3. The summed E-state index contributed by atoms with van der Waals surface area (Å²) in [5, 5.41) is 3.78. The molecule has 6 nitrogen and oxygen atoms in total. The van der Waals surface area contributed by atoms with Crippen molar-refractivity contribution < 1.29 is 23.9 Å². The number of rotatable bonds is 4. The Morgan fingerprint density at radius 2 is 1.61 bits per heavy atom. The Hall–Kier alpha value is -2.89. The third-order valence-corrected chi connectivity index (χ3v) is 3.30. The lowest BCUT2D eigenvalue weighted by Gasteiger charge is -2.09. The van der Waals surface area contributed by atoms with Crippen LogP contribution in [0, 0.1) is 0 Å². The second kappa shape index (κ2) is 6.91. The van der Waals surface area contributed by atoms with E-state index in [1.54, 1.807) is 38.1 Å². The van der Waals surface area contributed by atoms with Crippen molar-refractivity contribution in [3.63, 3.8) is 0 Å². The molecule has 23 heavy (non-hydrogen) atoms. The number of Topliss-reactive ketones (excluding diaryl/α,β-unsaturated/α-hetero) is 1. The van der Waals surface area contributed by atoms with Gasteiger partial charge in [0.1, 0.15) is 5.71 Å². The third kappa shape index (κ3) is 3.66. The molecule has 0 bridgehead atoms. The van der Waals surface area contributed by atoms with Gasteiger partial charge in [-0.05, 0) is 55.3 Å². The number of methoxy groups -OCH3 is 2. The van der Waals surface area contributed by atoms with E-state index in [0.29, 0.717) is 28.4 Å². The van der Waals surface area contributed by atoms with E-state index >= 15 is 0 Å². The summed E-state index contributed by atoms with van der Waals surface area (Å²) in [6.07, 6.45) is 3.13. The van der Waals surface area contributed by atoms with Gasteiger partial charge in [-0.15, -0.1) is 0 Å². The van der Waals surface area contributed by atoms with E-state index < -0.39 is 5.97 Å². The summed E-state index contributed by atoms with van der Waals surface area (Å²) in [5.41, 5.74) is 1.78. The number of ketones is 1. The van der Waals surface area contributed by atoms with Crippen LogP contribution in [0.4, 0.5) is 0 Å². The fourth-order valence-corrected chi connectivity index (χ4v) is 2.09. The highest BCUT2D eigenvalue weighted by atomic mass is 16.7. The van der Waals surface area contributed by atoms with E-state index in [2.05, 4.69) is 5.16 Å². The second-order valence-electron chi connectivity index (χ2n) is 4.95. The molecule has 1 aromatic rings. The third-order valence-electron chi connectivity index (χ3n) is 3.30. The van der Waals surface area contributed by atoms with Gasteiger partial charge in [0.25, 0.3) is 0 Å². The van der Waals surface area contributed by atoms with Crippen LogP contribution in [-0.4, -0.2) is 31.7 Å². The molecule has 0 radical (unpaired) electrons. The van der Waals surface area contributed by atoms with Crippen molar-refractivity contribution in [1.82, 2.24) is 0 Å². The van der Waals surface area contributed by atoms with E-state index in [9.17, 15) is 9.59 Å². The second-order valence-corrected chi connectivity index (χ2v) is 4.95. The maximum Gasteiger partial charge on any atom is 0.365 e. The molecule has 0 unspecified atom stereocenters. The topological polar surface area (TPSA) is 74.2 Å². The van der Waals surface area contributed by atoms with Crippen molar-refractivity contribution in [3.8, 4) is 11.5 Å². The quantitative estimate of drug-likeness (QED) is 0.485. The van der Waals surface area contributed by atoms with Gasteiger partial charge < -0.3 is 14.3 Å². The predicted molar refractivity (Wildman–Crippen MR) is 84.9 cm³/mol. The zero-order chi connectivity index (χ0) is 17.0. The van der Waals surface area contributed by atoms with Crippen molar-refractivity contribution >= 4 is 17.5 Å². The first-order valence-corrected chi connectivity index (χ1v) is 6.89. The number of benzene rings is 1. The molecule has 0 atom stereocenters. The predicted octanol–water partition coefficient (Wildman–Crippen LogP) is 2.69. The van der Waals surface area contributed by atoms with Crippen LogP contribution in [0.2, 0.25) is 0 Å². The summed E-state index contributed by atoms with van der Waals surface area (Å²) in [5.74, 6) is 0.255. The Balaban J connectivity index is 2.17. The van der Waals surface area contributed by atoms with Gasteiger partial charge in [-0.1, -0.05) is 5.16 Å². The van der Waals surface area contributed by atoms with Gasteiger partial charge in [-0.3, -0.25) is 4.79 Å². The number of allylic oxidation sites excluding steroid dienone is 4. The molecular weight excluding hydrogens is 298 g/mol. The van der Waals surface area contributed by atoms with E-state index in [1.807, 2.05) is 0 Å². The van der Waals surface area contributed by atoms with Crippen LogP contribution < -0.4 is 9.47 Å². The summed E-state index contributed by atoms with van der Waals surface area (Å²) >= 11 is 0. The van der Waals surface area contributed by atoms with Gasteiger partial charge in [-0.2, -0.15) is 0 Å². The molecule has 0 aliphatic heterocycles. The Morgan fingerprint density at radius 1 is 1.00 bits per heavy atom. The Kier molecular flexibility index (Phi) is 4.95. The fourth-order valence-electron chi connectivity index (χ4n) is 2.09. The first-order chi connectivity index (χ1) is 11.0. The summed E-state index contributed by atoms with van der Waals surface area (Å²) in [6, 6.07) is 4.67. The number of oxime groups is 1. The summed E-state index contributed by atoms with van der Waals surface area (Å²) in [7, 11) is 2.99. The van der Waals surface area contributed by atoms with Crippen LogP contribution in [0.1, 0.15) is 24.2 Å². The van der Waals surface area contributed by atoms with E-state index in [-0.39, 0.29) is 11.3 Å². The molecule has 0 aromatic heterocycles. The first-order valence-electron chi connectivity index (χ1n) is 6.89. The number of hydrogen-bond donors (Lipinski definition) is 0. The van der Waals surface area contributed by atoms with Crippen molar-refractivity contribution in [1.29, 1.82) is 0 Å². The Morgan fingerprint density at radius 3 is 2.17 bits per heavy atom. The molecule has 0 saturated heterocycles. The van der Waals surface area contributed by atoms with Crippen LogP contribution >= 0.6 is 0 Å². The van der Waals surface area contributed by atoms with Crippen molar-refractivity contribution in [3.05, 3.63) is 47.1 Å². The number of hydrogen-bond acceptors (Lipinski definition) is 6. The summed E-state index contributed by atoms with van der Waals surface area (Å²) in [6.45, 7) is 3.37. The lowest BCUT2D eigenvalue weighted by molar-refractivity contribution is -0.112. The highest BCUT2D eigenvalue weighted by molar-refractivity contribution is 6.21. The minimum Gasteiger partial charge on any atom is -0.493 e. The normalized spacial score (nSPS) is 13.9. The Bertz CT molecular complexity index is 719. The van der Waals surface area contributed by atoms with Crippen molar-refractivity contribution in [2.24, 2.45) is 5.16 Å². The molecule has 0 N–H and O–H groups in total. The lowest BCUT2D eigenvalue weighted by Crippen LogP contribution is -2.11. The molecule has 0 amide bonds. The molecule has 6 heteroatoms. The first kappa shape index (κ1) is 16.5. The van der Waals surface area contributed by atoms with Gasteiger partial charge in [0.15, 0.2) is 17.3 Å². The van der Waals surface area contributed by atoms with Crippen LogP contribution in [-0.2, 0) is 9.63 Å². The number of ether oxygens (including phenoxy) is 2. The van der Waals surface area contributed by atoms with Crippen LogP contribution in [0.25, 0.3) is 0 Å². The highest BCUT2D eigenvalue weighted by Crippen LogP contribution is 2.27. The van der Waals surface area contributed by atoms with Gasteiger partial charge in [0.2, 0.25) is 0 Å².